The van der Waals surface area contributed by atoms with Crippen LogP contribution in [0.1, 0.15) is 5.56 Å². The van der Waals surface area contributed by atoms with Crippen molar-refractivity contribution in [3.05, 3.63) is 59.7 Å². The summed E-state index contributed by atoms with van der Waals surface area (Å²) in [4.78, 5) is 11.6. The van der Waals surface area contributed by atoms with E-state index in [-0.39, 0.29) is 13.2 Å². The first-order valence-electron chi connectivity index (χ1n) is 6.75. The summed E-state index contributed by atoms with van der Waals surface area (Å²) in [5.74, 6) is -0.928. The maximum atomic E-state index is 13.4. The molecule has 2 aromatic carbocycles. The Labute approximate surface area is 127 Å². The quantitative estimate of drug-likeness (QED) is 0.831. The molecule has 0 spiro atoms. The molecule has 0 fully saturated rings. The van der Waals surface area contributed by atoms with Crippen molar-refractivity contribution in [3.63, 3.8) is 0 Å². The summed E-state index contributed by atoms with van der Waals surface area (Å²) < 4.78 is 32.2. The van der Waals surface area contributed by atoms with Gasteiger partial charge in [-0.2, -0.15) is 0 Å². The number of carbonyl (C=O) groups excluding carboxylic acids is 1. The zero-order valence-electron chi connectivity index (χ0n) is 12.0. The van der Waals surface area contributed by atoms with Gasteiger partial charge in [0.05, 0.1) is 6.54 Å². The number of hydrogen-bond donors (Lipinski definition) is 2. The highest BCUT2D eigenvalue weighted by molar-refractivity contribution is 5.89. The lowest BCUT2D eigenvalue weighted by Gasteiger charge is -2.11. The maximum absolute atomic E-state index is 13.4. The topological polar surface area (TPSA) is 50.4 Å². The van der Waals surface area contributed by atoms with Gasteiger partial charge in [-0.25, -0.2) is 13.6 Å². The highest BCUT2D eigenvalue weighted by Crippen LogP contribution is 2.17. The number of carbonyl (C=O) groups is 1. The lowest BCUT2D eigenvalue weighted by Crippen LogP contribution is -2.32. The number of halogens is 2. The highest BCUT2D eigenvalue weighted by Gasteiger charge is 2.11. The predicted octanol–water partition coefficient (Wildman–Crippen LogP) is 3.47. The van der Waals surface area contributed by atoms with E-state index in [1.165, 1.54) is 6.07 Å². The Morgan fingerprint density at radius 2 is 1.77 bits per heavy atom. The van der Waals surface area contributed by atoms with E-state index in [4.69, 9.17) is 4.74 Å². The Morgan fingerprint density at radius 1 is 1.09 bits per heavy atom. The van der Waals surface area contributed by atoms with Crippen LogP contribution in [0.3, 0.4) is 0 Å². The van der Waals surface area contributed by atoms with Gasteiger partial charge in [-0.05, 0) is 30.7 Å². The van der Waals surface area contributed by atoms with Crippen molar-refractivity contribution >= 4 is 11.7 Å². The van der Waals surface area contributed by atoms with Crippen molar-refractivity contribution < 1.29 is 18.3 Å². The molecule has 0 saturated carbocycles. The molecule has 22 heavy (non-hydrogen) atoms. The molecule has 0 unspecified atom stereocenters. The number of nitrogens with one attached hydrogen (secondary N) is 2. The Bertz CT molecular complexity index is 642. The predicted molar refractivity (Wildman–Crippen MR) is 80.1 cm³/mol. The van der Waals surface area contributed by atoms with Crippen molar-refractivity contribution in [2.45, 2.75) is 6.92 Å². The molecule has 0 aliphatic rings. The highest BCUT2D eigenvalue weighted by atomic mass is 19.1. The van der Waals surface area contributed by atoms with Gasteiger partial charge in [0.25, 0.3) is 0 Å². The van der Waals surface area contributed by atoms with Gasteiger partial charge in [0.1, 0.15) is 29.7 Å². The molecule has 2 N–H and O–H groups in total. The summed E-state index contributed by atoms with van der Waals surface area (Å²) in [6.07, 6.45) is 0. The van der Waals surface area contributed by atoms with Gasteiger partial charge in [-0.15, -0.1) is 0 Å². The van der Waals surface area contributed by atoms with Crippen LogP contribution < -0.4 is 15.4 Å². The molecule has 116 valence electrons. The van der Waals surface area contributed by atoms with Crippen LogP contribution in [-0.2, 0) is 0 Å². The monoisotopic (exact) mass is 306 g/mol. The molecule has 0 radical (unpaired) electrons. The van der Waals surface area contributed by atoms with Crippen LogP contribution in [-0.4, -0.2) is 19.2 Å². The largest absolute Gasteiger partial charge is 0.491 e. The Morgan fingerprint density at radius 3 is 2.45 bits per heavy atom. The van der Waals surface area contributed by atoms with Gasteiger partial charge in [-0.3, -0.25) is 0 Å². The van der Waals surface area contributed by atoms with Crippen LogP contribution >= 0.6 is 0 Å². The third kappa shape index (κ3) is 4.18. The van der Waals surface area contributed by atoms with Crippen molar-refractivity contribution in [1.82, 2.24) is 5.32 Å². The Balaban J connectivity index is 1.78. The molecule has 2 aromatic rings. The molecule has 2 rings (SSSR count). The van der Waals surface area contributed by atoms with Crippen LogP contribution in [0, 0.1) is 18.6 Å². The van der Waals surface area contributed by atoms with Gasteiger partial charge in [0.2, 0.25) is 0 Å². The third-order valence-electron chi connectivity index (χ3n) is 2.94. The zero-order valence-corrected chi connectivity index (χ0v) is 12.0. The third-order valence-corrected chi connectivity index (χ3v) is 2.94. The number of hydrogen-bond acceptors (Lipinski definition) is 2. The Kier molecular flexibility index (Phi) is 5.30. The van der Waals surface area contributed by atoms with E-state index >= 15 is 0 Å². The lowest BCUT2D eigenvalue weighted by molar-refractivity contribution is 0.247. The number of para-hydroxylation sites is 2. The maximum Gasteiger partial charge on any atom is 0.319 e. The number of benzene rings is 2. The molecule has 0 aliphatic heterocycles. The second kappa shape index (κ2) is 7.40. The summed E-state index contributed by atoms with van der Waals surface area (Å²) in [6, 6.07) is 10.2. The normalized spacial score (nSPS) is 10.1. The first kappa shape index (κ1) is 15.8. The summed E-state index contributed by atoms with van der Waals surface area (Å²) in [5, 5.41) is 4.60. The molecular weight excluding hydrogens is 290 g/mol. The Hall–Kier alpha value is -2.63. The van der Waals surface area contributed by atoms with E-state index in [9.17, 15) is 13.6 Å². The van der Waals surface area contributed by atoms with E-state index < -0.39 is 23.4 Å². The second-order valence-electron chi connectivity index (χ2n) is 4.59. The molecule has 0 saturated heterocycles. The minimum absolute atomic E-state index is 0.205. The molecule has 0 aromatic heterocycles. The van der Waals surface area contributed by atoms with Crippen LogP contribution in [0.5, 0.6) is 5.75 Å². The summed E-state index contributed by atoms with van der Waals surface area (Å²) >= 11 is 0. The average Bonchev–Trinajstić information content (AvgIpc) is 2.49. The number of urea groups is 1. The summed E-state index contributed by atoms with van der Waals surface area (Å²) in [5.41, 5.74) is 0.514. The second-order valence-corrected chi connectivity index (χ2v) is 4.59. The number of rotatable bonds is 5. The minimum Gasteiger partial charge on any atom is -0.491 e. The fourth-order valence-corrected chi connectivity index (χ4v) is 1.82. The first-order valence-corrected chi connectivity index (χ1v) is 6.75. The van der Waals surface area contributed by atoms with E-state index in [2.05, 4.69) is 10.6 Å². The lowest BCUT2D eigenvalue weighted by atomic mass is 10.2. The molecule has 4 nitrogen and oxygen atoms in total. The van der Waals surface area contributed by atoms with Gasteiger partial charge in [0.15, 0.2) is 0 Å². The van der Waals surface area contributed by atoms with E-state index in [1.807, 2.05) is 31.2 Å². The molecule has 0 atom stereocenters. The molecule has 2 amide bonds. The van der Waals surface area contributed by atoms with E-state index in [1.54, 1.807) is 0 Å². The fourth-order valence-electron chi connectivity index (χ4n) is 1.82. The standard InChI is InChI=1S/C16H16F2N2O2/c1-11-5-2-3-8-14(11)22-10-9-19-16(21)20-15-12(17)6-4-7-13(15)18/h2-8H,9-10H2,1H3,(H2,19,20,21). The number of ether oxygens (including phenoxy) is 1. The number of anilines is 1. The van der Waals surface area contributed by atoms with Crippen molar-refractivity contribution in [2.75, 3.05) is 18.5 Å². The molecule has 0 heterocycles. The number of aryl methyl sites for hydroxylation is 1. The van der Waals surface area contributed by atoms with Crippen molar-refractivity contribution in [1.29, 1.82) is 0 Å². The fraction of sp³-hybridized carbons (Fsp3) is 0.188. The number of amides is 2. The van der Waals surface area contributed by atoms with E-state index in [0.29, 0.717) is 0 Å². The van der Waals surface area contributed by atoms with Gasteiger partial charge >= 0.3 is 6.03 Å². The summed E-state index contributed by atoms with van der Waals surface area (Å²) in [6.45, 7) is 2.37. The van der Waals surface area contributed by atoms with Gasteiger partial charge in [0, 0.05) is 0 Å². The van der Waals surface area contributed by atoms with Crippen molar-refractivity contribution in [3.8, 4) is 5.75 Å². The van der Waals surface area contributed by atoms with Crippen LogP contribution in [0.25, 0.3) is 0 Å². The van der Waals surface area contributed by atoms with E-state index in [0.717, 1.165) is 23.4 Å². The molecule has 6 heteroatoms. The molecule has 0 aliphatic carbocycles. The minimum atomic E-state index is -0.827. The van der Waals surface area contributed by atoms with Crippen molar-refractivity contribution in [2.24, 2.45) is 0 Å². The average molecular weight is 306 g/mol. The van der Waals surface area contributed by atoms with Crippen LogP contribution in [0.4, 0.5) is 19.3 Å². The molecular formula is C16H16F2N2O2. The smallest absolute Gasteiger partial charge is 0.319 e. The SMILES string of the molecule is Cc1ccccc1OCCNC(=O)Nc1c(F)cccc1F. The van der Waals surface area contributed by atoms with Crippen LogP contribution in [0.15, 0.2) is 42.5 Å². The first-order chi connectivity index (χ1) is 10.6. The van der Waals surface area contributed by atoms with Gasteiger partial charge < -0.3 is 15.4 Å². The van der Waals surface area contributed by atoms with Gasteiger partial charge in [-0.1, -0.05) is 24.3 Å². The zero-order chi connectivity index (χ0) is 15.9. The molecule has 0 bridgehead atoms. The van der Waals surface area contributed by atoms with Crippen LogP contribution in [0.2, 0.25) is 0 Å². The summed E-state index contributed by atoms with van der Waals surface area (Å²) in [7, 11) is 0.